The molecular formula is C14H18FNO2. The predicted octanol–water partition coefficient (Wildman–Crippen LogP) is 1.63. The first-order valence-electron chi connectivity index (χ1n) is 6.52. The van der Waals surface area contributed by atoms with Crippen molar-refractivity contribution in [1.29, 1.82) is 0 Å². The second kappa shape index (κ2) is 4.52. The molecule has 0 saturated carbocycles. The highest BCUT2D eigenvalue weighted by molar-refractivity contribution is 5.38. The van der Waals surface area contributed by atoms with E-state index in [2.05, 4.69) is 5.32 Å². The van der Waals surface area contributed by atoms with Gasteiger partial charge in [-0.15, -0.1) is 0 Å². The maximum atomic E-state index is 13.1. The minimum atomic E-state index is -0.214. The summed E-state index contributed by atoms with van der Waals surface area (Å²) < 4.78 is 19.0. The van der Waals surface area contributed by atoms with E-state index in [0.717, 1.165) is 43.5 Å². The number of aliphatic hydroxyl groups is 1. The van der Waals surface area contributed by atoms with Crippen LogP contribution < -0.4 is 10.1 Å². The molecule has 98 valence electrons. The van der Waals surface area contributed by atoms with Crippen LogP contribution in [0.1, 0.15) is 24.8 Å². The number of nitrogens with one attached hydrogen (secondary N) is 1. The largest absolute Gasteiger partial charge is 0.490 e. The molecule has 2 heterocycles. The van der Waals surface area contributed by atoms with Crippen LogP contribution in [-0.2, 0) is 6.42 Å². The fraction of sp³-hybridized carbons (Fsp3) is 0.571. The number of hydrogen-bond acceptors (Lipinski definition) is 3. The van der Waals surface area contributed by atoms with Crippen LogP contribution >= 0.6 is 0 Å². The molecule has 2 aliphatic rings. The Morgan fingerprint density at radius 2 is 2.39 bits per heavy atom. The highest BCUT2D eigenvalue weighted by atomic mass is 19.1. The molecular weight excluding hydrogens is 233 g/mol. The van der Waals surface area contributed by atoms with E-state index in [-0.39, 0.29) is 24.1 Å². The van der Waals surface area contributed by atoms with E-state index in [9.17, 15) is 9.50 Å². The molecule has 0 spiro atoms. The van der Waals surface area contributed by atoms with Gasteiger partial charge < -0.3 is 15.2 Å². The third kappa shape index (κ3) is 2.10. The van der Waals surface area contributed by atoms with Crippen LogP contribution in [0.25, 0.3) is 0 Å². The first kappa shape index (κ1) is 11.9. The Labute approximate surface area is 106 Å². The Balaban J connectivity index is 1.70. The maximum Gasteiger partial charge on any atom is 0.123 e. The molecule has 2 N–H and O–H groups in total. The lowest BCUT2D eigenvalue weighted by Crippen LogP contribution is -2.46. The summed E-state index contributed by atoms with van der Waals surface area (Å²) in [6.45, 7) is 1.09. The number of aliphatic hydroxyl groups excluding tert-OH is 1. The Morgan fingerprint density at radius 1 is 1.50 bits per heavy atom. The molecule has 0 radical (unpaired) electrons. The smallest absolute Gasteiger partial charge is 0.123 e. The van der Waals surface area contributed by atoms with Crippen molar-refractivity contribution in [2.24, 2.45) is 0 Å². The molecule has 2 unspecified atom stereocenters. The molecule has 1 aromatic carbocycles. The van der Waals surface area contributed by atoms with E-state index in [1.807, 2.05) is 0 Å². The highest BCUT2D eigenvalue weighted by Crippen LogP contribution is 2.34. The number of hydrogen-bond donors (Lipinski definition) is 2. The van der Waals surface area contributed by atoms with Gasteiger partial charge in [-0.3, -0.25) is 0 Å². The van der Waals surface area contributed by atoms with Gasteiger partial charge >= 0.3 is 0 Å². The summed E-state index contributed by atoms with van der Waals surface area (Å²) in [6.07, 6.45) is 3.62. The average molecular weight is 251 g/mol. The molecule has 3 rings (SSSR count). The zero-order valence-electron chi connectivity index (χ0n) is 10.3. The first-order valence-corrected chi connectivity index (χ1v) is 6.52. The lowest BCUT2D eigenvalue weighted by molar-refractivity contribution is 0.114. The van der Waals surface area contributed by atoms with Crippen LogP contribution in [0.3, 0.4) is 0 Å². The zero-order chi connectivity index (χ0) is 12.6. The van der Waals surface area contributed by atoms with Gasteiger partial charge in [-0.05, 0) is 37.6 Å². The third-order valence-electron chi connectivity index (χ3n) is 4.02. The van der Waals surface area contributed by atoms with Gasteiger partial charge in [0.25, 0.3) is 0 Å². The Hall–Kier alpha value is -1.13. The maximum absolute atomic E-state index is 13.1. The van der Waals surface area contributed by atoms with Gasteiger partial charge in [0.15, 0.2) is 0 Å². The van der Waals surface area contributed by atoms with Crippen LogP contribution in [0, 0.1) is 5.82 Å². The van der Waals surface area contributed by atoms with E-state index in [4.69, 9.17) is 4.74 Å². The number of benzene rings is 1. The van der Waals surface area contributed by atoms with E-state index in [1.165, 1.54) is 6.07 Å². The van der Waals surface area contributed by atoms with Gasteiger partial charge in [-0.25, -0.2) is 4.39 Å². The molecule has 1 saturated heterocycles. The predicted molar refractivity (Wildman–Crippen MR) is 66.2 cm³/mol. The van der Waals surface area contributed by atoms with Crippen molar-refractivity contribution < 1.29 is 14.2 Å². The van der Waals surface area contributed by atoms with Crippen molar-refractivity contribution in [3.8, 4) is 5.75 Å². The molecule has 4 heteroatoms. The normalized spacial score (nSPS) is 30.2. The van der Waals surface area contributed by atoms with Gasteiger partial charge in [0, 0.05) is 23.9 Å². The molecule has 1 aromatic rings. The summed E-state index contributed by atoms with van der Waals surface area (Å²) in [7, 11) is 0. The Kier molecular flexibility index (Phi) is 2.99. The summed E-state index contributed by atoms with van der Waals surface area (Å²) in [6, 6.07) is 4.66. The molecule has 0 aromatic heterocycles. The standard InChI is InChI=1S/C14H18FNO2/c15-11-2-3-13-10(6-11)7-12(18-13)8-14(9-17)4-1-5-16-14/h2-3,6,12,16-17H,1,4-5,7-9H2. The lowest BCUT2D eigenvalue weighted by atomic mass is 9.90. The topological polar surface area (TPSA) is 41.5 Å². The van der Waals surface area contributed by atoms with E-state index >= 15 is 0 Å². The molecule has 3 nitrogen and oxygen atoms in total. The summed E-state index contributed by atoms with van der Waals surface area (Å²) >= 11 is 0. The molecule has 18 heavy (non-hydrogen) atoms. The van der Waals surface area contributed by atoms with Crippen LogP contribution in [0.2, 0.25) is 0 Å². The summed E-state index contributed by atoms with van der Waals surface area (Å²) in [5.41, 5.74) is 0.733. The Morgan fingerprint density at radius 3 is 3.11 bits per heavy atom. The summed E-state index contributed by atoms with van der Waals surface area (Å²) in [5.74, 6) is 0.571. The monoisotopic (exact) mass is 251 g/mol. The zero-order valence-corrected chi connectivity index (χ0v) is 10.3. The van der Waals surface area contributed by atoms with Crippen LogP contribution in [0.5, 0.6) is 5.75 Å². The van der Waals surface area contributed by atoms with Gasteiger partial charge in [-0.1, -0.05) is 0 Å². The van der Waals surface area contributed by atoms with Crippen molar-refractivity contribution in [3.63, 3.8) is 0 Å². The van der Waals surface area contributed by atoms with Crippen LogP contribution in [0.4, 0.5) is 4.39 Å². The number of fused-ring (bicyclic) bond motifs is 1. The van der Waals surface area contributed by atoms with Gasteiger partial charge in [-0.2, -0.15) is 0 Å². The number of rotatable bonds is 3. The van der Waals surface area contributed by atoms with Gasteiger partial charge in [0.2, 0.25) is 0 Å². The molecule has 1 fully saturated rings. The van der Waals surface area contributed by atoms with Crippen LogP contribution in [-0.4, -0.2) is 29.9 Å². The minimum Gasteiger partial charge on any atom is -0.490 e. The van der Waals surface area contributed by atoms with Crippen molar-refractivity contribution in [2.75, 3.05) is 13.2 Å². The molecule has 0 aliphatic carbocycles. The molecule has 0 amide bonds. The summed E-state index contributed by atoms with van der Waals surface area (Å²) in [4.78, 5) is 0. The molecule has 0 bridgehead atoms. The van der Waals surface area contributed by atoms with Crippen molar-refractivity contribution in [3.05, 3.63) is 29.6 Å². The number of ether oxygens (including phenoxy) is 1. The Bertz CT molecular complexity index is 443. The quantitative estimate of drug-likeness (QED) is 0.858. The fourth-order valence-electron chi connectivity index (χ4n) is 3.08. The van der Waals surface area contributed by atoms with Crippen molar-refractivity contribution in [1.82, 2.24) is 5.32 Å². The van der Waals surface area contributed by atoms with E-state index in [0.29, 0.717) is 0 Å². The van der Waals surface area contributed by atoms with Crippen LogP contribution in [0.15, 0.2) is 18.2 Å². The highest BCUT2D eigenvalue weighted by Gasteiger charge is 2.37. The minimum absolute atomic E-state index is 0.0412. The SMILES string of the molecule is OCC1(CC2Cc3cc(F)ccc3O2)CCCN1. The second-order valence-electron chi connectivity index (χ2n) is 5.37. The van der Waals surface area contributed by atoms with E-state index < -0.39 is 0 Å². The van der Waals surface area contributed by atoms with Crippen molar-refractivity contribution >= 4 is 0 Å². The lowest BCUT2D eigenvalue weighted by Gasteiger charge is -2.29. The first-order chi connectivity index (χ1) is 8.71. The van der Waals surface area contributed by atoms with Crippen molar-refractivity contribution in [2.45, 2.75) is 37.3 Å². The summed E-state index contributed by atoms with van der Waals surface area (Å²) in [5, 5.41) is 12.9. The van der Waals surface area contributed by atoms with E-state index in [1.54, 1.807) is 12.1 Å². The van der Waals surface area contributed by atoms with Gasteiger partial charge in [0.1, 0.15) is 17.7 Å². The average Bonchev–Trinajstić information content (AvgIpc) is 2.96. The van der Waals surface area contributed by atoms with Gasteiger partial charge in [0.05, 0.1) is 6.61 Å². The molecule has 2 atom stereocenters. The second-order valence-corrected chi connectivity index (χ2v) is 5.37. The fourth-order valence-corrected chi connectivity index (χ4v) is 3.08. The molecule has 2 aliphatic heterocycles. The number of halogens is 1. The third-order valence-corrected chi connectivity index (χ3v) is 4.02.